The first kappa shape index (κ1) is 22.1. The summed E-state index contributed by atoms with van der Waals surface area (Å²) in [6.07, 6.45) is 4.85. The average Bonchev–Trinajstić information content (AvgIpc) is 2.77. The fourth-order valence-corrected chi connectivity index (χ4v) is 4.10. The van der Waals surface area contributed by atoms with Crippen molar-refractivity contribution in [2.24, 2.45) is 0 Å². The molecule has 2 aromatic carbocycles. The van der Waals surface area contributed by atoms with Gasteiger partial charge in [-0.1, -0.05) is 11.6 Å². The Balaban J connectivity index is 1.58. The zero-order chi connectivity index (χ0) is 22.7. The van der Waals surface area contributed by atoms with Gasteiger partial charge in [0.2, 0.25) is 5.91 Å². The number of carbonyl (C=O) groups excluding carboxylic acids is 1. The molecule has 1 aliphatic carbocycles. The van der Waals surface area contributed by atoms with Crippen molar-refractivity contribution in [1.29, 1.82) is 0 Å². The molecule has 1 aliphatic rings. The first-order valence-electron chi connectivity index (χ1n) is 10.4. The molecule has 1 heterocycles. The Labute approximate surface area is 190 Å². The Morgan fingerprint density at radius 2 is 1.91 bits per heavy atom. The fourth-order valence-electron chi connectivity index (χ4n) is 3.92. The average molecular weight is 459 g/mol. The van der Waals surface area contributed by atoms with Crippen LogP contribution in [-0.4, -0.2) is 35.1 Å². The van der Waals surface area contributed by atoms with Crippen molar-refractivity contribution >= 4 is 39.9 Å². The van der Waals surface area contributed by atoms with Gasteiger partial charge in [-0.3, -0.25) is 4.79 Å². The fraction of sp³-hybridized carbons (Fsp3) is 0.348. The lowest BCUT2D eigenvalue weighted by Gasteiger charge is -2.29. The Bertz CT molecular complexity index is 1140. The molecule has 0 radical (unpaired) electrons. The summed E-state index contributed by atoms with van der Waals surface area (Å²) in [5.41, 5.74) is 1.28. The minimum Gasteiger partial charge on any atom is -0.493 e. The van der Waals surface area contributed by atoms with Gasteiger partial charge >= 0.3 is 0 Å². The molecule has 168 valence electrons. The van der Waals surface area contributed by atoms with Gasteiger partial charge in [0.1, 0.15) is 18.0 Å². The summed E-state index contributed by atoms with van der Waals surface area (Å²) in [7, 11) is 1.59. The largest absolute Gasteiger partial charge is 0.493 e. The second-order valence-corrected chi connectivity index (χ2v) is 8.20. The van der Waals surface area contributed by atoms with E-state index in [1.165, 1.54) is 25.4 Å². The van der Waals surface area contributed by atoms with Gasteiger partial charge in [0.25, 0.3) is 0 Å². The number of aromatic nitrogens is 2. The van der Waals surface area contributed by atoms with Crippen LogP contribution in [0.5, 0.6) is 11.5 Å². The predicted octanol–water partition coefficient (Wildman–Crippen LogP) is 5.00. The maximum atomic E-state index is 13.5. The number of amides is 1. The zero-order valence-corrected chi connectivity index (χ0v) is 18.6. The number of nitrogens with zero attached hydrogens (tertiary/aromatic N) is 2. The molecule has 1 amide bonds. The summed E-state index contributed by atoms with van der Waals surface area (Å²) in [4.78, 5) is 20.0. The van der Waals surface area contributed by atoms with Crippen LogP contribution in [0.25, 0.3) is 10.9 Å². The molecule has 2 N–H and O–H groups in total. The number of carbonyl (C=O) groups is 1. The lowest BCUT2D eigenvalue weighted by atomic mass is 9.93. The van der Waals surface area contributed by atoms with E-state index in [9.17, 15) is 9.18 Å². The summed E-state index contributed by atoms with van der Waals surface area (Å²) in [5.74, 6) is 1.22. The topological polar surface area (TPSA) is 85.4 Å². The highest BCUT2D eigenvalue weighted by atomic mass is 35.5. The molecule has 0 aliphatic heterocycles. The van der Waals surface area contributed by atoms with Gasteiger partial charge in [0.05, 0.1) is 23.8 Å². The molecular weight excluding hydrogens is 435 g/mol. The Morgan fingerprint density at radius 3 is 2.59 bits per heavy atom. The standard InChI is InChI=1S/C23H24ClFN4O3/c1-13(30)28-14-3-6-16(7-4-14)32-22-10-17-20(11-21(22)31-2)26-12-27-23(17)29-15-5-8-19(25)18(24)9-15/h5,8-12,14,16H,3-4,6-7H2,1-2H3,(H,28,30)(H,26,27,29)/t14-,16-. The molecule has 0 spiro atoms. The van der Waals surface area contributed by atoms with Crippen LogP contribution in [0.3, 0.4) is 0 Å². The van der Waals surface area contributed by atoms with Crippen LogP contribution in [0.4, 0.5) is 15.9 Å². The molecule has 0 bridgehead atoms. The van der Waals surface area contributed by atoms with Crippen molar-refractivity contribution in [2.45, 2.75) is 44.8 Å². The number of fused-ring (bicyclic) bond motifs is 1. The molecular formula is C23H24ClFN4O3. The smallest absolute Gasteiger partial charge is 0.217 e. The number of ether oxygens (including phenoxy) is 2. The molecule has 3 aromatic rings. The molecule has 1 fully saturated rings. The van der Waals surface area contributed by atoms with Gasteiger partial charge in [0, 0.05) is 30.1 Å². The van der Waals surface area contributed by atoms with Crippen LogP contribution < -0.4 is 20.1 Å². The molecule has 1 saturated carbocycles. The maximum absolute atomic E-state index is 13.5. The number of benzene rings is 2. The van der Waals surface area contributed by atoms with Gasteiger partial charge in [0.15, 0.2) is 11.5 Å². The monoisotopic (exact) mass is 458 g/mol. The Hall–Kier alpha value is -3.13. The molecule has 7 nitrogen and oxygen atoms in total. The third kappa shape index (κ3) is 5.02. The van der Waals surface area contributed by atoms with E-state index >= 15 is 0 Å². The third-order valence-electron chi connectivity index (χ3n) is 5.48. The number of anilines is 2. The number of nitrogens with one attached hydrogen (secondary N) is 2. The number of halogens is 2. The lowest BCUT2D eigenvalue weighted by molar-refractivity contribution is -0.120. The quantitative estimate of drug-likeness (QED) is 0.540. The lowest BCUT2D eigenvalue weighted by Crippen LogP contribution is -2.38. The Kier molecular flexibility index (Phi) is 6.60. The molecule has 0 unspecified atom stereocenters. The summed E-state index contributed by atoms with van der Waals surface area (Å²) in [5, 5.41) is 6.90. The molecule has 4 rings (SSSR count). The summed E-state index contributed by atoms with van der Waals surface area (Å²) >= 11 is 5.90. The van der Waals surface area contributed by atoms with Gasteiger partial charge in [-0.05, 0) is 49.9 Å². The summed E-state index contributed by atoms with van der Waals surface area (Å²) < 4.78 is 25.3. The van der Waals surface area contributed by atoms with Crippen molar-refractivity contribution in [3.8, 4) is 11.5 Å². The van der Waals surface area contributed by atoms with E-state index in [-0.39, 0.29) is 23.1 Å². The van der Waals surface area contributed by atoms with Crippen molar-refractivity contribution in [3.05, 3.63) is 47.5 Å². The third-order valence-corrected chi connectivity index (χ3v) is 5.77. The molecule has 32 heavy (non-hydrogen) atoms. The van der Waals surface area contributed by atoms with Gasteiger partial charge in [-0.15, -0.1) is 0 Å². The highest BCUT2D eigenvalue weighted by Crippen LogP contribution is 2.37. The van der Waals surface area contributed by atoms with E-state index in [0.29, 0.717) is 28.5 Å². The van der Waals surface area contributed by atoms with Crippen LogP contribution in [0, 0.1) is 5.82 Å². The first-order chi connectivity index (χ1) is 15.4. The van der Waals surface area contributed by atoms with Crippen LogP contribution in [0.2, 0.25) is 5.02 Å². The first-order valence-corrected chi connectivity index (χ1v) is 10.8. The van der Waals surface area contributed by atoms with Crippen LogP contribution >= 0.6 is 11.6 Å². The number of rotatable bonds is 6. The van der Waals surface area contributed by atoms with Crippen LogP contribution in [0.1, 0.15) is 32.6 Å². The second-order valence-electron chi connectivity index (χ2n) is 7.79. The van der Waals surface area contributed by atoms with Crippen molar-refractivity contribution in [3.63, 3.8) is 0 Å². The van der Waals surface area contributed by atoms with E-state index in [0.717, 1.165) is 31.1 Å². The molecule has 1 aromatic heterocycles. The van der Waals surface area contributed by atoms with E-state index in [1.54, 1.807) is 19.2 Å². The highest BCUT2D eigenvalue weighted by molar-refractivity contribution is 6.31. The zero-order valence-electron chi connectivity index (χ0n) is 17.8. The van der Waals surface area contributed by atoms with E-state index < -0.39 is 5.82 Å². The molecule has 9 heteroatoms. The summed E-state index contributed by atoms with van der Waals surface area (Å²) in [6.45, 7) is 1.54. The van der Waals surface area contributed by atoms with Crippen molar-refractivity contribution in [1.82, 2.24) is 15.3 Å². The van der Waals surface area contributed by atoms with Crippen LogP contribution in [-0.2, 0) is 4.79 Å². The molecule has 0 atom stereocenters. The summed E-state index contributed by atoms with van der Waals surface area (Å²) in [6, 6.07) is 8.23. The number of methoxy groups -OCH3 is 1. The maximum Gasteiger partial charge on any atom is 0.217 e. The molecule has 0 saturated heterocycles. The number of hydrogen-bond donors (Lipinski definition) is 2. The van der Waals surface area contributed by atoms with Gasteiger partial charge in [-0.25, -0.2) is 14.4 Å². The SMILES string of the molecule is COc1cc2ncnc(Nc3ccc(F)c(Cl)c3)c2cc1O[C@H]1CC[C@H](NC(C)=O)CC1. The minimum atomic E-state index is -0.488. The van der Waals surface area contributed by atoms with E-state index in [2.05, 4.69) is 20.6 Å². The normalized spacial score (nSPS) is 18.2. The van der Waals surface area contributed by atoms with E-state index in [4.69, 9.17) is 21.1 Å². The van der Waals surface area contributed by atoms with Crippen molar-refractivity contribution < 1.29 is 18.7 Å². The number of hydrogen-bond acceptors (Lipinski definition) is 6. The predicted molar refractivity (Wildman–Crippen MR) is 121 cm³/mol. The second kappa shape index (κ2) is 9.56. The van der Waals surface area contributed by atoms with Crippen LogP contribution in [0.15, 0.2) is 36.7 Å². The van der Waals surface area contributed by atoms with Gasteiger partial charge < -0.3 is 20.1 Å². The minimum absolute atomic E-state index is 0.00645. The highest BCUT2D eigenvalue weighted by Gasteiger charge is 2.24. The van der Waals surface area contributed by atoms with Crippen molar-refractivity contribution in [2.75, 3.05) is 12.4 Å². The van der Waals surface area contributed by atoms with E-state index in [1.807, 2.05) is 6.07 Å². The Morgan fingerprint density at radius 1 is 1.12 bits per heavy atom. The van der Waals surface area contributed by atoms with Gasteiger partial charge in [-0.2, -0.15) is 0 Å².